The van der Waals surface area contributed by atoms with Crippen LogP contribution in [0.25, 0.3) is 0 Å². The number of ether oxygens (including phenoxy) is 1. The van der Waals surface area contributed by atoms with Gasteiger partial charge in [-0.25, -0.2) is 4.39 Å². The molecule has 0 amide bonds. The quantitative estimate of drug-likeness (QED) is 0.797. The number of methoxy groups -OCH3 is 1. The van der Waals surface area contributed by atoms with E-state index in [1.807, 2.05) is 0 Å². The maximum absolute atomic E-state index is 13.3. The number of nitrogens with two attached hydrogens (primary N) is 1. The number of hydrogen-bond donors (Lipinski definition) is 2. The van der Waals surface area contributed by atoms with E-state index < -0.39 is 17.8 Å². The standard InChI is InChI=1S/C10H12FNO3.ClH/c1-15-10(14)5-9(12)7-3-2-6(13)4-8(7)11;/h2-4,9,13H,5,12H2,1H3;1H/t9-;/m0./s1. The summed E-state index contributed by atoms with van der Waals surface area (Å²) in [7, 11) is 1.24. The summed E-state index contributed by atoms with van der Waals surface area (Å²) in [6, 6.07) is 2.85. The van der Waals surface area contributed by atoms with Gasteiger partial charge in [0.15, 0.2) is 0 Å². The van der Waals surface area contributed by atoms with Gasteiger partial charge < -0.3 is 15.6 Å². The van der Waals surface area contributed by atoms with Crippen LogP contribution in [0.15, 0.2) is 18.2 Å². The van der Waals surface area contributed by atoms with Crippen LogP contribution >= 0.6 is 12.4 Å². The first-order valence-electron chi connectivity index (χ1n) is 4.35. The van der Waals surface area contributed by atoms with Crippen LogP contribution in [0.1, 0.15) is 18.0 Å². The molecular formula is C10H13ClFNO3. The van der Waals surface area contributed by atoms with Crippen molar-refractivity contribution in [3.63, 3.8) is 0 Å². The Morgan fingerprint density at radius 3 is 2.75 bits per heavy atom. The van der Waals surface area contributed by atoms with Gasteiger partial charge in [-0.2, -0.15) is 0 Å². The Morgan fingerprint density at radius 1 is 1.62 bits per heavy atom. The van der Waals surface area contributed by atoms with Gasteiger partial charge in [-0.05, 0) is 6.07 Å². The Bertz CT molecular complexity index is 373. The van der Waals surface area contributed by atoms with E-state index in [1.165, 1.54) is 19.2 Å². The molecule has 1 rings (SSSR count). The van der Waals surface area contributed by atoms with E-state index >= 15 is 0 Å². The molecule has 1 aromatic rings. The number of phenols is 1. The molecule has 0 unspecified atom stereocenters. The predicted molar refractivity (Wildman–Crippen MR) is 58.9 cm³/mol. The molecule has 0 heterocycles. The maximum Gasteiger partial charge on any atom is 0.307 e. The van der Waals surface area contributed by atoms with Crippen LogP contribution < -0.4 is 5.73 Å². The normalized spacial score (nSPS) is 11.4. The SMILES string of the molecule is COC(=O)C[C@H](N)c1ccc(O)cc1F.Cl. The van der Waals surface area contributed by atoms with Gasteiger partial charge in [-0.1, -0.05) is 6.07 Å². The summed E-state index contributed by atoms with van der Waals surface area (Å²) in [6.07, 6.45) is -0.0990. The molecule has 0 saturated heterocycles. The van der Waals surface area contributed by atoms with Crippen molar-refractivity contribution in [1.82, 2.24) is 0 Å². The van der Waals surface area contributed by atoms with Crippen molar-refractivity contribution in [1.29, 1.82) is 0 Å². The number of rotatable bonds is 3. The highest BCUT2D eigenvalue weighted by atomic mass is 35.5. The first kappa shape index (κ1) is 14.7. The molecular weight excluding hydrogens is 237 g/mol. The van der Waals surface area contributed by atoms with E-state index in [2.05, 4.69) is 4.74 Å². The number of esters is 1. The van der Waals surface area contributed by atoms with Gasteiger partial charge in [0.1, 0.15) is 11.6 Å². The van der Waals surface area contributed by atoms with Crippen molar-refractivity contribution < 1.29 is 19.0 Å². The summed E-state index contributed by atoms with van der Waals surface area (Å²) in [5.74, 6) is -1.32. The average Bonchev–Trinajstić information content (AvgIpc) is 2.17. The fourth-order valence-corrected chi connectivity index (χ4v) is 1.19. The molecule has 0 radical (unpaired) electrons. The summed E-state index contributed by atoms with van der Waals surface area (Å²) in [6.45, 7) is 0. The van der Waals surface area contributed by atoms with Crippen LogP contribution in [0.2, 0.25) is 0 Å². The fourth-order valence-electron chi connectivity index (χ4n) is 1.19. The Morgan fingerprint density at radius 2 is 2.25 bits per heavy atom. The second-order valence-corrected chi connectivity index (χ2v) is 3.09. The molecule has 0 aliphatic carbocycles. The van der Waals surface area contributed by atoms with Crippen molar-refractivity contribution in [3.05, 3.63) is 29.6 Å². The Hall–Kier alpha value is -1.33. The molecule has 0 aliphatic heterocycles. The molecule has 4 nitrogen and oxygen atoms in total. The largest absolute Gasteiger partial charge is 0.508 e. The van der Waals surface area contributed by atoms with Crippen LogP contribution in [0.3, 0.4) is 0 Å². The molecule has 1 aromatic carbocycles. The summed E-state index contributed by atoms with van der Waals surface area (Å²) < 4.78 is 17.7. The van der Waals surface area contributed by atoms with E-state index in [9.17, 15) is 9.18 Å². The van der Waals surface area contributed by atoms with Gasteiger partial charge in [0.25, 0.3) is 0 Å². The lowest BCUT2D eigenvalue weighted by Crippen LogP contribution is -2.17. The summed E-state index contributed by atoms with van der Waals surface area (Å²) in [4.78, 5) is 10.9. The number of carbonyl (C=O) groups excluding carboxylic acids is 1. The smallest absolute Gasteiger partial charge is 0.307 e. The number of halogens is 2. The summed E-state index contributed by atoms with van der Waals surface area (Å²) in [5, 5.41) is 8.97. The third-order valence-electron chi connectivity index (χ3n) is 2.00. The number of hydrogen-bond acceptors (Lipinski definition) is 4. The molecule has 0 spiro atoms. The zero-order valence-corrected chi connectivity index (χ0v) is 9.46. The number of carbonyl (C=O) groups is 1. The monoisotopic (exact) mass is 249 g/mol. The molecule has 0 fully saturated rings. The molecule has 90 valence electrons. The molecule has 6 heteroatoms. The van der Waals surface area contributed by atoms with Gasteiger partial charge in [-0.3, -0.25) is 4.79 Å². The van der Waals surface area contributed by atoms with Gasteiger partial charge in [0, 0.05) is 17.7 Å². The molecule has 0 bridgehead atoms. The van der Waals surface area contributed by atoms with Crippen LogP contribution in [0.4, 0.5) is 4.39 Å². The first-order valence-corrected chi connectivity index (χ1v) is 4.35. The van der Waals surface area contributed by atoms with Crippen molar-refractivity contribution in [2.45, 2.75) is 12.5 Å². The maximum atomic E-state index is 13.3. The summed E-state index contributed by atoms with van der Waals surface area (Å²) in [5.41, 5.74) is 5.78. The van der Waals surface area contributed by atoms with Crippen LogP contribution in [0.5, 0.6) is 5.75 Å². The predicted octanol–water partition coefficient (Wildman–Crippen LogP) is 1.52. The van der Waals surface area contributed by atoms with E-state index in [-0.39, 0.29) is 30.1 Å². The van der Waals surface area contributed by atoms with Crippen LogP contribution in [-0.4, -0.2) is 18.2 Å². The lowest BCUT2D eigenvalue weighted by Gasteiger charge is -2.11. The zero-order valence-electron chi connectivity index (χ0n) is 8.64. The van der Waals surface area contributed by atoms with Gasteiger partial charge in [-0.15, -0.1) is 12.4 Å². The van der Waals surface area contributed by atoms with Gasteiger partial charge >= 0.3 is 5.97 Å². The third kappa shape index (κ3) is 3.67. The van der Waals surface area contributed by atoms with Crippen molar-refractivity contribution >= 4 is 18.4 Å². The van der Waals surface area contributed by atoms with Crippen LogP contribution in [-0.2, 0) is 9.53 Å². The average molecular weight is 250 g/mol. The van der Waals surface area contributed by atoms with E-state index in [1.54, 1.807) is 0 Å². The molecule has 0 aliphatic rings. The lowest BCUT2D eigenvalue weighted by atomic mass is 10.0. The number of benzene rings is 1. The second kappa shape index (κ2) is 6.30. The molecule has 0 aromatic heterocycles. The fraction of sp³-hybridized carbons (Fsp3) is 0.300. The summed E-state index contributed by atoms with van der Waals surface area (Å²) >= 11 is 0. The Labute approximate surface area is 98.6 Å². The zero-order chi connectivity index (χ0) is 11.4. The van der Waals surface area contributed by atoms with Crippen LogP contribution in [0, 0.1) is 5.82 Å². The minimum Gasteiger partial charge on any atom is -0.508 e. The van der Waals surface area contributed by atoms with Crippen molar-refractivity contribution in [2.75, 3.05) is 7.11 Å². The molecule has 3 N–H and O–H groups in total. The van der Waals surface area contributed by atoms with Gasteiger partial charge in [0.2, 0.25) is 0 Å². The van der Waals surface area contributed by atoms with E-state index in [0.717, 1.165) is 6.07 Å². The molecule has 16 heavy (non-hydrogen) atoms. The van der Waals surface area contributed by atoms with Crippen molar-refractivity contribution in [2.24, 2.45) is 5.73 Å². The van der Waals surface area contributed by atoms with E-state index in [0.29, 0.717) is 0 Å². The number of aromatic hydroxyl groups is 1. The Kier molecular flexibility index (Phi) is 5.77. The Balaban J connectivity index is 0.00000225. The van der Waals surface area contributed by atoms with Crippen molar-refractivity contribution in [3.8, 4) is 5.75 Å². The minimum atomic E-state index is -0.766. The first-order chi connectivity index (χ1) is 7.04. The third-order valence-corrected chi connectivity index (χ3v) is 2.00. The van der Waals surface area contributed by atoms with Gasteiger partial charge in [0.05, 0.1) is 13.5 Å². The molecule has 0 saturated carbocycles. The second-order valence-electron chi connectivity index (χ2n) is 3.09. The highest BCUT2D eigenvalue weighted by Crippen LogP contribution is 2.21. The highest BCUT2D eigenvalue weighted by molar-refractivity contribution is 5.85. The van der Waals surface area contributed by atoms with E-state index in [4.69, 9.17) is 10.8 Å². The molecule has 1 atom stereocenters. The highest BCUT2D eigenvalue weighted by Gasteiger charge is 2.15. The lowest BCUT2D eigenvalue weighted by molar-refractivity contribution is -0.141. The minimum absolute atomic E-state index is 0. The number of phenolic OH excluding ortho intramolecular Hbond substituents is 1. The topological polar surface area (TPSA) is 72.5 Å².